The van der Waals surface area contributed by atoms with Crippen LogP contribution in [-0.2, 0) is 0 Å². The number of benzene rings is 6. The summed E-state index contributed by atoms with van der Waals surface area (Å²) in [4.78, 5) is 0. The summed E-state index contributed by atoms with van der Waals surface area (Å²) >= 11 is 3.86. The fourth-order valence-corrected chi connectivity index (χ4v) is 5.70. The Morgan fingerprint density at radius 2 is 1.03 bits per heavy atom. The minimum absolute atomic E-state index is 0.921. The standard InChI is InChI=1S/C30H17BrO/c31-30-23-11-5-3-9-21(23)29(22-10-4-6-12-24(22)30)20-13-14-27-25(16-20)26-15-18-7-1-2-8-19(18)17-28(26)32-27/h1-17H. The molecule has 0 fully saturated rings. The summed E-state index contributed by atoms with van der Waals surface area (Å²) in [6, 6.07) is 36.7. The molecule has 0 aliphatic heterocycles. The molecular weight excluding hydrogens is 456 g/mol. The van der Waals surface area contributed by atoms with Crippen LogP contribution in [0.2, 0.25) is 0 Å². The molecule has 0 saturated carbocycles. The average Bonchev–Trinajstić information content (AvgIpc) is 3.19. The van der Waals surface area contributed by atoms with Crippen molar-refractivity contribution in [2.24, 2.45) is 0 Å². The Kier molecular flexibility index (Phi) is 3.76. The van der Waals surface area contributed by atoms with E-state index in [4.69, 9.17) is 4.42 Å². The molecule has 150 valence electrons. The molecule has 1 nitrogen and oxygen atoms in total. The van der Waals surface area contributed by atoms with E-state index in [0.717, 1.165) is 26.4 Å². The first-order chi connectivity index (χ1) is 15.8. The number of hydrogen-bond acceptors (Lipinski definition) is 1. The van der Waals surface area contributed by atoms with Crippen LogP contribution in [0.1, 0.15) is 0 Å². The summed E-state index contributed by atoms with van der Waals surface area (Å²) in [7, 11) is 0. The van der Waals surface area contributed by atoms with Crippen LogP contribution in [0, 0.1) is 0 Å². The van der Waals surface area contributed by atoms with E-state index in [9.17, 15) is 0 Å². The van der Waals surface area contributed by atoms with Gasteiger partial charge in [0.1, 0.15) is 11.2 Å². The van der Waals surface area contributed by atoms with Crippen LogP contribution in [0.5, 0.6) is 0 Å². The van der Waals surface area contributed by atoms with Gasteiger partial charge in [0.25, 0.3) is 0 Å². The fourth-order valence-electron chi connectivity index (χ4n) is 5.00. The summed E-state index contributed by atoms with van der Waals surface area (Å²) in [5, 5.41) is 9.68. The smallest absolute Gasteiger partial charge is 0.136 e. The Morgan fingerprint density at radius 1 is 0.469 bits per heavy atom. The molecule has 0 atom stereocenters. The van der Waals surface area contributed by atoms with Crippen molar-refractivity contribution < 1.29 is 4.42 Å². The van der Waals surface area contributed by atoms with Gasteiger partial charge >= 0.3 is 0 Å². The van der Waals surface area contributed by atoms with E-state index < -0.39 is 0 Å². The lowest BCUT2D eigenvalue weighted by molar-refractivity contribution is 0.669. The Hall–Kier alpha value is -3.62. The molecule has 6 aromatic carbocycles. The van der Waals surface area contributed by atoms with Gasteiger partial charge in [0.2, 0.25) is 0 Å². The lowest BCUT2D eigenvalue weighted by Crippen LogP contribution is -1.87. The molecule has 0 aliphatic rings. The molecule has 0 aliphatic carbocycles. The van der Waals surface area contributed by atoms with E-state index in [0.29, 0.717) is 0 Å². The molecule has 7 aromatic rings. The first kappa shape index (κ1) is 18.0. The maximum atomic E-state index is 6.24. The average molecular weight is 473 g/mol. The molecule has 7 rings (SSSR count). The van der Waals surface area contributed by atoms with Crippen molar-refractivity contribution in [1.29, 1.82) is 0 Å². The van der Waals surface area contributed by atoms with Gasteiger partial charge in [-0.3, -0.25) is 0 Å². The number of fused-ring (bicyclic) bond motifs is 6. The molecule has 0 amide bonds. The molecule has 0 radical (unpaired) electrons. The minimum atomic E-state index is 0.921. The predicted octanol–water partition coefficient (Wildman–Crippen LogP) is 9.48. The van der Waals surface area contributed by atoms with Crippen molar-refractivity contribution in [3.8, 4) is 11.1 Å². The maximum absolute atomic E-state index is 6.24. The monoisotopic (exact) mass is 472 g/mol. The van der Waals surface area contributed by atoms with Crippen LogP contribution < -0.4 is 0 Å². The first-order valence-corrected chi connectivity index (χ1v) is 11.5. The molecule has 0 unspecified atom stereocenters. The van der Waals surface area contributed by atoms with E-state index in [1.165, 1.54) is 43.4 Å². The van der Waals surface area contributed by atoms with Gasteiger partial charge in [-0.15, -0.1) is 0 Å². The summed E-state index contributed by atoms with van der Waals surface area (Å²) < 4.78 is 7.38. The van der Waals surface area contributed by atoms with Crippen LogP contribution in [-0.4, -0.2) is 0 Å². The molecule has 0 bridgehead atoms. The molecular formula is C30H17BrO. The van der Waals surface area contributed by atoms with E-state index in [1.54, 1.807) is 0 Å². The third-order valence-electron chi connectivity index (χ3n) is 6.49. The van der Waals surface area contributed by atoms with Gasteiger partial charge in [-0.2, -0.15) is 0 Å². The zero-order chi connectivity index (χ0) is 21.2. The second-order valence-corrected chi connectivity index (χ2v) is 9.08. The van der Waals surface area contributed by atoms with Crippen LogP contribution in [0.4, 0.5) is 0 Å². The quantitative estimate of drug-likeness (QED) is 0.217. The molecule has 1 heterocycles. The van der Waals surface area contributed by atoms with Crippen LogP contribution in [0.15, 0.2) is 112 Å². The molecule has 32 heavy (non-hydrogen) atoms. The second-order valence-electron chi connectivity index (χ2n) is 8.29. The van der Waals surface area contributed by atoms with Gasteiger partial charge in [-0.05, 0) is 83.6 Å². The van der Waals surface area contributed by atoms with Crippen molar-refractivity contribution in [2.75, 3.05) is 0 Å². The molecule has 0 N–H and O–H groups in total. The van der Waals surface area contributed by atoms with Crippen LogP contribution >= 0.6 is 15.9 Å². The largest absolute Gasteiger partial charge is 0.456 e. The van der Waals surface area contributed by atoms with Gasteiger partial charge < -0.3 is 4.42 Å². The van der Waals surface area contributed by atoms with Crippen LogP contribution in [0.3, 0.4) is 0 Å². The van der Waals surface area contributed by atoms with E-state index >= 15 is 0 Å². The van der Waals surface area contributed by atoms with Crippen molar-refractivity contribution >= 4 is 70.2 Å². The lowest BCUT2D eigenvalue weighted by Gasteiger charge is -2.14. The third-order valence-corrected chi connectivity index (χ3v) is 7.35. The van der Waals surface area contributed by atoms with Crippen molar-refractivity contribution in [3.05, 3.63) is 108 Å². The lowest BCUT2D eigenvalue weighted by atomic mass is 9.91. The molecule has 1 aromatic heterocycles. The van der Waals surface area contributed by atoms with Crippen molar-refractivity contribution in [2.45, 2.75) is 0 Å². The Bertz CT molecular complexity index is 1780. The predicted molar refractivity (Wildman–Crippen MR) is 139 cm³/mol. The highest BCUT2D eigenvalue weighted by molar-refractivity contribution is 9.10. The highest BCUT2D eigenvalue weighted by Crippen LogP contribution is 2.43. The Balaban J connectivity index is 1.61. The number of hydrogen-bond donors (Lipinski definition) is 0. The summed E-state index contributed by atoms with van der Waals surface area (Å²) in [6.07, 6.45) is 0. The summed E-state index contributed by atoms with van der Waals surface area (Å²) in [6.45, 7) is 0. The minimum Gasteiger partial charge on any atom is -0.456 e. The molecule has 0 saturated heterocycles. The first-order valence-electron chi connectivity index (χ1n) is 10.7. The maximum Gasteiger partial charge on any atom is 0.136 e. The Morgan fingerprint density at radius 3 is 1.72 bits per heavy atom. The van der Waals surface area contributed by atoms with E-state index in [1.807, 2.05) is 0 Å². The van der Waals surface area contributed by atoms with Gasteiger partial charge in [0, 0.05) is 15.2 Å². The van der Waals surface area contributed by atoms with Gasteiger partial charge in [0.15, 0.2) is 0 Å². The fraction of sp³-hybridized carbons (Fsp3) is 0. The number of halogens is 1. The highest BCUT2D eigenvalue weighted by Gasteiger charge is 2.15. The summed E-state index contributed by atoms with van der Waals surface area (Å²) in [5.74, 6) is 0. The van der Waals surface area contributed by atoms with Crippen molar-refractivity contribution in [1.82, 2.24) is 0 Å². The number of rotatable bonds is 1. The van der Waals surface area contributed by atoms with E-state index in [-0.39, 0.29) is 0 Å². The van der Waals surface area contributed by atoms with Gasteiger partial charge in [-0.1, -0.05) is 78.9 Å². The second kappa shape index (κ2) is 6.69. The zero-order valence-electron chi connectivity index (χ0n) is 17.1. The SMILES string of the molecule is Brc1c2ccccc2c(-c2ccc3oc4cc5ccccc5cc4c3c2)c2ccccc12. The third kappa shape index (κ3) is 2.50. The normalized spacial score (nSPS) is 11.9. The van der Waals surface area contributed by atoms with E-state index in [2.05, 4.69) is 119 Å². The van der Waals surface area contributed by atoms with Crippen LogP contribution in [0.25, 0.3) is 65.4 Å². The van der Waals surface area contributed by atoms with Crippen molar-refractivity contribution in [3.63, 3.8) is 0 Å². The highest BCUT2D eigenvalue weighted by atomic mass is 79.9. The number of furan rings is 1. The topological polar surface area (TPSA) is 13.1 Å². The Labute approximate surface area is 193 Å². The molecule has 2 heteroatoms. The van der Waals surface area contributed by atoms with Gasteiger partial charge in [0.05, 0.1) is 0 Å². The zero-order valence-corrected chi connectivity index (χ0v) is 18.7. The molecule has 0 spiro atoms. The van der Waals surface area contributed by atoms with Gasteiger partial charge in [-0.25, -0.2) is 0 Å². The summed E-state index contributed by atoms with van der Waals surface area (Å²) in [5.41, 5.74) is 4.32.